The first kappa shape index (κ1) is 16.1. The van der Waals surface area contributed by atoms with Crippen LogP contribution in [0.5, 0.6) is 0 Å². The third kappa shape index (κ3) is 3.12. The summed E-state index contributed by atoms with van der Waals surface area (Å²) >= 11 is 3.01. The van der Waals surface area contributed by atoms with E-state index in [-0.39, 0.29) is 12.0 Å². The van der Waals surface area contributed by atoms with E-state index >= 15 is 0 Å². The molecule has 3 nitrogen and oxygen atoms in total. The molecule has 0 amide bonds. The molecular weight excluding hydrogens is 362 g/mol. The second-order valence-electron chi connectivity index (χ2n) is 5.71. The van der Waals surface area contributed by atoms with Crippen LogP contribution < -0.4 is 5.56 Å². The Hall–Kier alpha value is -2.38. The summed E-state index contributed by atoms with van der Waals surface area (Å²) in [6.45, 7) is 2.02. The van der Waals surface area contributed by atoms with Crippen molar-refractivity contribution < 1.29 is 8.78 Å². The van der Waals surface area contributed by atoms with Gasteiger partial charge >= 0.3 is 0 Å². The summed E-state index contributed by atoms with van der Waals surface area (Å²) in [4.78, 5) is 22.6. The van der Waals surface area contributed by atoms with Crippen molar-refractivity contribution >= 4 is 32.9 Å². The fourth-order valence-corrected chi connectivity index (χ4v) is 4.67. The van der Waals surface area contributed by atoms with Crippen LogP contribution in [0, 0.1) is 18.6 Å². The van der Waals surface area contributed by atoms with Gasteiger partial charge in [0.05, 0.1) is 5.39 Å². The fraction of sp³-hybridized carbons (Fsp3) is 0.111. The van der Waals surface area contributed by atoms with Crippen molar-refractivity contribution in [3.8, 4) is 10.4 Å². The topological polar surface area (TPSA) is 45.8 Å². The first-order valence-corrected chi connectivity index (χ1v) is 9.21. The minimum atomic E-state index is -0.648. The largest absolute Gasteiger partial charge is 0.310 e. The van der Waals surface area contributed by atoms with Crippen LogP contribution in [0.4, 0.5) is 8.78 Å². The summed E-state index contributed by atoms with van der Waals surface area (Å²) in [5, 5.41) is 2.48. The van der Waals surface area contributed by atoms with E-state index < -0.39 is 11.6 Å². The van der Waals surface area contributed by atoms with Crippen LogP contribution >= 0.6 is 22.7 Å². The SMILES string of the molecule is Cc1ccc(-c2csc3nc(Cc4cc(F)cc(F)c4)[nH]c(=O)c23)s1. The number of hydrogen-bond donors (Lipinski definition) is 1. The molecule has 4 aromatic rings. The zero-order valence-corrected chi connectivity index (χ0v) is 14.7. The molecule has 0 saturated carbocycles. The van der Waals surface area contributed by atoms with E-state index in [9.17, 15) is 13.6 Å². The number of H-pyrrole nitrogens is 1. The van der Waals surface area contributed by atoms with Crippen molar-refractivity contribution in [2.45, 2.75) is 13.3 Å². The molecule has 4 rings (SSSR count). The zero-order chi connectivity index (χ0) is 17.6. The standard InChI is InChI=1S/C18H12F2N2OS2/c1-9-2-3-14(25-9)13-8-24-18-16(13)17(23)21-15(22-18)6-10-4-11(19)7-12(20)5-10/h2-5,7-8H,6H2,1H3,(H,21,22,23). The van der Waals surface area contributed by atoms with E-state index in [1.165, 1.54) is 28.3 Å². The second-order valence-corrected chi connectivity index (χ2v) is 7.85. The van der Waals surface area contributed by atoms with Gasteiger partial charge in [0.1, 0.15) is 22.3 Å². The Balaban J connectivity index is 1.77. The number of fused-ring (bicyclic) bond motifs is 1. The molecule has 0 bridgehead atoms. The van der Waals surface area contributed by atoms with Gasteiger partial charge in [-0.05, 0) is 36.8 Å². The van der Waals surface area contributed by atoms with Gasteiger partial charge in [0.25, 0.3) is 5.56 Å². The average Bonchev–Trinajstić information content (AvgIpc) is 3.12. The zero-order valence-electron chi connectivity index (χ0n) is 13.1. The monoisotopic (exact) mass is 374 g/mol. The third-order valence-corrected chi connectivity index (χ3v) is 5.70. The highest BCUT2D eigenvalue weighted by Gasteiger charge is 2.14. The molecule has 0 aliphatic rings. The Morgan fingerprint density at radius 1 is 1.16 bits per heavy atom. The summed E-state index contributed by atoms with van der Waals surface area (Å²) in [5.41, 5.74) is 1.06. The normalized spacial score (nSPS) is 11.3. The van der Waals surface area contributed by atoms with Crippen molar-refractivity contribution in [2.24, 2.45) is 0 Å². The minimum absolute atomic E-state index is 0.158. The van der Waals surface area contributed by atoms with Gasteiger partial charge in [0.15, 0.2) is 0 Å². The van der Waals surface area contributed by atoms with Crippen molar-refractivity contribution in [3.63, 3.8) is 0 Å². The molecule has 25 heavy (non-hydrogen) atoms. The van der Waals surface area contributed by atoms with Crippen LogP contribution in [0.3, 0.4) is 0 Å². The third-order valence-electron chi connectivity index (χ3n) is 3.79. The minimum Gasteiger partial charge on any atom is -0.310 e. The van der Waals surface area contributed by atoms with Gasteiger partial charge in [-0.25, -0.2) is 13.8 Å². The summed E-state index contributed by atoms with van der Waals surface area (Å²) < 4.78 is 26.7. The van der Waals surface area contributed by atoms with E-state index in [0.29, 0.717) is 21.6 Å². The van der Waals surface area contributed by atoms with Crippen LogP contribution in [-0.4, -0.2) is 9.97 Å². The molecule has 0 radical (unpaired) electrons. The number of halogens is 2. The Labute approximate surface area is 149 Å². The lowest BCUT2D eigenvalue weighted by molar-refractivity contribution is 0.580. The van der Waals surface area contributed by atoms with Crippen molar-refractivity contribution in [1.29, 1.82) is 0 Å². The van der Waals surface area contributed by atoms with E-state index in [4.69, 9.17) is 0 Å². The lowest BCUT2D eigenvalue weighted by atomic mass is 10.1. The maximum Gasteiger partial charge on any atom is 0.260 e. The number of nitrogens with zero attached hydrogens (tertiary/aromatic N) is 1. The Bertz CT molecular complexity index is 1120. The molecular formula is C18H12F2N2OS2. The molecule has 0 fully saturated rings. The molecule has 1 N–H and O–H groups in total. The highest BCUT2D eigenvalue weighted by molar-refractivity contribution is 7.19. The summed E-state index contributed by atoms with van der Waals surface area (Å²) in [7, 11) is 0. The highest BCUT2D eigenvalue weighted by Crippen LogP contribution is 2.35. The lowest BCUT2D eigenvalue weighted by Gasteiger charge is -2.03. The molecule has 0 aliphatic carbocycles. The molecule has 3 heterocycles. The van der Waals surface area contributed by atoms with Gasteiger partial charge in [-0.2, -0.15) is 0 Å². The Morgan fingerprint density at radius 3 is 2.60 bits per heavy atom. The van der Waals surface area contributed by atoms with Gasteiger partial charge < -0.3 is 4.98 Å². The average molecular weight is 374 g/mol. The molecule has 0 unspecified atom stereocenters. The van der Waals surface area contributed by atoms with Crippen molar-refractivity contribution in [2.75, 3.05) is 0 Å². The van der Waals surface area contributed by atoms with Crippen LogP contribution in [-0.2, 0) is 6.42 Å². The van der Waals surface area contributed by atoms with Gasteiger partial charge in [-0.3, -0.25) is 4.79 Å². The van der Waals surface area contributed by atoms with E-state index in [1.54, 1.807) is 11.3 Å². The molecule has 0 saturated heterocycles. The smallest absolute Gasteiger partial charge is 0.260 e. The van der Waals surface area contributed by atoms with Gasteiger partial charge in [-0.15, -0.1) is 22.7 Å². The molecule has 0 atom stereocenters. The Morgan fingerprint density at radius 2 is 1.92 bits per heavy atom. The molecule has 0 aliphatic heterocycles. The van der Waals surface area contributed by atoms with Crippen LogP contribution in [0.1, 0.15) is 16.3 Å². The molecule has 3 aromatic heterocycles. The predicted molar refractivity (Wildman–Crippen MR) is 97.5 cm³/mol. The quantitative estimate of drug-likeness (QED) is 0.555. The van der Waals surface area contributed by atoms with Gasteiger partial charge in [-0.1, -0.05) is 0 Å². The number of nitrogens with one attached hydrogen (secondary N) is 1. The lowest BCUT2D eigenvalue weighted by Crippen LogP contribution is -2.11. The Kier molecular flexibility index (Phi) is 3.97. The highest BCUT2D eigenvalue weighted by atomic mass is 32.1. The second kappa shape index (κ2) is 6.16. The van der Waals surface area contributed by atoms with Crippen LogP contribution in [0.15, 0.2) is 40.5 Å². The molecule has 7 heteroatoms. The van der Waals surface area contributed by atoms with E-state index in [0.717, 1.165) is 16.5 Å². The number of aryl methyl sites for hydroxylation is 1. The summed E-state index contributed by atoms with van der Waals surface area (Å²) in [5.74, 6) is -0.909. The number of aromatic amines is 1. The number of hydrogen-bond acceptors (Lipinski definition) is 4. The number of benzene rings is 1. The molecule has 126 valence electrons. The number of aromatic nitrogens is 2. The van der Waals surface area contributed by atoms with Crippen LogP contribution in [0.25, 0.3) is 20.7 Å². The van der Waals surface area contributed by atoms with Crippen molar-refractivity contribution in [3.05, 3.63) is 74.0 Å². The number of thiophene rings is 2. The van der Waals surface area contributed by atoms with Gasteiger partial charge in [0.2, 0.25) is 0 Å². The van der Waals surface area contributed by atoms with Crippen LogP contribution in [0.2, 0.25) is 0 Å². The van der Waals surface area contributed by atoms with E-state index in [2.05, 4.69) is 9.97 Å². The van der Waals surface area contributed by atoms with E-state index in [1.807, 2.05) is 24.4 Å². The predicted octanol–water partition coefficient (Wildman–Crippen LogP) is 4.89. The fourth-order valence-electron chi connectivity index (χ4n) is 2.74. The number of rotatable bonds is 3. The maximum atomic E-state index is 13.3. The summed E-state index contributed by atoms with van der Waals surface area (Å²) in [6.07, 6.45) is 0.158. The molecule has 1 aromatic carbocycles. The first-order chi connectivity index (χ1) is 12.0. The maximum absolute atomic E-state index is 13.3. The summed E-state index contributed by atoms with van der Waals surface area (Å²) in [6, 6.07) is 7.29. The first-order valence-electron chi connectivity index (χ1n) is 7.52. The van der Waals surface area contributed by atoms with Crippen molar-refractivity contribution in [1.82, 2.24) is 9.97 Å². The molecule has 0 spiro atoms. The van der Waals surface area contributed by atoms with Gasteiger partial charge in [0, 0.05) is 33.2 Å².